The van der Waals surface area contributed by atoms with Crippen LogP contribution in [0.3, 0.4) is 0 Å². The predicted octanol–water partition coefficient (Wildman–Crippen LogP) is 2.98. The van der Waals surface area contributed by atoms with Gasteiger partial charge in [-0.25, -0.2) is 0 Å². The van der Waals surface area contributed by atoms with Crippen LogP contribution in [0.1, 0.15) is 46.0 Å². The van der Waals surface area contributed by atoms with Gasteiger partial charge in [0.15, 0.2) is 0 Å². The Labute approximate surface area is 112 Å². The van der Waals surface area contributed by atoms with Crippen LogP contribution in [0.5, 0.6) is 0 Å². The van der Waals surface area contributed by atoms with Gasteiger partial charge in [-0.15, -0.1) is 0 Å². The fraction of sp³-hybridized carbons (Fsp3) is 1.00. The van der Waals surface area contributed by atoms with Gasteiger partial charge in [0.25, 0.3) is 0 Å². The lowest BCUT2D eigenvalue weighted by Crippen LogP contribution is -2.45. The molecule has 1 fully saturated rings. The van der Waals surface area contributed by atoms with Gasteiger partial charge in [-0.1, -0.05) is 6.92 Å². The van der Waals surface area contributed by atoms with Gasteiger partial charge in [0.1, 0.15) is 0 Å². The fourth-order valence-electron chi connectivity index (χ4n) is 2.75. The maximum atomic E-state index is 3.66. The summed E-state index contributed by atoms with van der Waals surface area (Å²) in [5.41, 5.74) is 0. The molecule has 2 nitrogen and oxygen atoms in total. The number of nitrogens with one attached hydrogen (secondary N) is 1. The predicted molar refractivity (Wildman–Crippen MR) is 79.9 cm³/mol. The van der Waals surface area contributed by atoms with E-state index in [-0.39, 0.29) is 0 Å². The molecule has 1 aliphatic rings. The fourth-order valence-corrected chi connectivity index (χ4v) is 3.47. The highest BCUT2D eigenvalue weighted by atomic mass is 32.2. The van der Waals surface area contributed by atoms with Crippen molar-refractivity contribution in [3.63, 3.8) is 0 Å². The molecule has 1 unspecified atom stereocenters. The maximum absolute atomic E-state index is 3.66. The lowest BCUT2D eigenvalue weighted by atomic mass is 9.90. The molecule has 1 aliphatic carbocycles. The van der Waals surface area contributed by atoms with Crippen molar-refractivity contribution < 1.29 is 0 Å². The van der Waals surface area contributed by atoms with Crippen LogP contribution in [-0.4, -0.2) is 48.6 Å². The molecular formula is C14H30N2S. The van der Waals surface area contributed by atoms with Crippen molar-refractivity contribution in [1.29, 1.82) is 0 Å². The van der Waals surface area contributed by atoms with Crippen LogP contribution in [0.15, 0.2) is 0 Å². The van der Waals surface area contributed by atoms with Crippen molar-refractivity contribution in [2.75, 3.05) is 25.6 Å². The molecule has 3 heteroatoms. The van der Waals surface area contributed by atoms with E-state index in [9.17, 15) is 0 Å². The Balaban J connectivity index is 2.25. The molecule has 17 heavy (non-hydrogen) atoms. The Morgan fingerprint density at radius 2 is 1.94 bits per heavy atom. The minimum atomic E-state index is 0.718. The van der Waals surface area contributed by atoms with Crippen molar-refractivity contribution in [1.82, 2.24) is 10.2 Å². The molecule has 0 aromatic rings. The van der Waals surface area contributed by atoms with E-state index in [2.05, 4.69) is 37.4 Å². The van der Waals surface area contributed by atoms with Gasteiger partial charge < -0.3 is 5.32 Å². The van der Waals surface area contributed by atoms with Crippen LogP contribution < -0.4 is 5.32 Å². The van der Waals surface area contributed by atoms with Crippen LogP contribution in [0, 0.1) is 0 Å². The van der Waals surface area contributed by atoms with Gasteiger partial charge in [-0.2, -0.15) is 11.8 Å². The minimum absolute atomic E-state index is 0.718. The molecule has 0 radical (unpaired) electrons. The molecule has 0 saturated heterocycles. The molecule has 1 N–H and O–H groups in total. The van der Waals surface area contributed by atoms with E-state index in [1.165, 1.54) is 44.4 Å². The summed E-state index contributed by atoms with van der Waals surface area (Å²) in [6.07, 6.45) is 8.93. The zero-order chi connectivity index (χ0) is 12.7. The summed E-state index contributed by atoms with van der Waals surface area (Å²) in [4.78, 5) is 2.60. The number of rotatable bonds is 7. The highest BCUT2D eigenvalue weighted by molar-refractivity contribution is 7.98. The first-order chi connectivity index (χ1) is 8.19. The molecule has 1 atom stereocenters. The Hall–Kier alpha value is 0.270. The van der Waals surface area contributed by atoms with Crippen LogP contribution in [-0.2, 0) is 0 Å². The SMILES string of the molecule is CCCNC1CCC(N(C)C(C)CSC)CC1. The van der Waals surface area contributed by atoms with Crippen molar-refractivity contribution in [3.05, 3.63) is 0 Å². The zero-order valence-corrected chi connectivity index (χ0v) is 12.9. The standard InChI is InChI=1S/C14H30N2S/c1-5-10-15-13-6-8-14(9-7-13)16(3)12(2)11-17-4/h12-15H,5-11H2,1-4H3. The number of nitrogens with zero attached hydrogens (tertiary/aromatic N) is 1. The van der Waals surface area contributed by atoms with E-state index in [4.69, 9.17) is 0 Å². The van der Waals surface area contributed by atoms with E-state index in [0.29, 0.717) is 0 Å². The molecule has 0 amide bonds. The highest BCUT2D eigenvalue weighted by Crippen LogP contribution is 2.24. The third-order valence-corrected chi connectivity index (χ3v) is 4.87. The molecule has 0 spiro atoms. The molecule has 1 saturated carbocycles. The summed E-state index contributed by atoms with van der Waals surface area (Å²) in [6, 6.07) is 2.32. The zero-order valence-electron chi connectivity index (χ0n) is 12.0. The maximum Gasteiger partial charge on any atom is 0.0157 e. The molecule has 0 heterocycles. The highest BCUT2D eigenvalue weighted by Gasteiger charge is 2.25. The van der Waals surface area contributed by atoms with Gasteiger partial charge in [-0.05, 0) is 58.9 Å². The summed E-state index contributed by atoms with van der Waals surface area (Å²) >= 11 is 1.96. The topological polar surface area (TPSA) is 15.3 Å². The summed E-state index contributed by atoms with van der Waals surface area (Å²) in [7, 11) is 2.31. The Morgan fingerprint density at radius 1 is 1.29 bits per heavy atom. The summed E-state index contributed by atoms with van der Waals surface area (Å²) in [5, 5.41) is 3.66. The smallest absolute Gasteiger partial charge is 0.0157 e. The van der Waals surface area contributed by atoms with Crippen molar-refractivity contribution >= 4 is 11.8 Å². The largest absolute Gasteiger partial charge is 0.314 e. The quantitative estimate of drug-likeness (QED) is 0.756. The van der Waals surface area contributed by atoms with E-state index < -0.39 is 0 Å². The lowest BCUT2D eigenvalue weighted by molar-refractivity contribution is 0.145. The summed E-state index contributed by atoms with van der Waals surface area (Å²) in [6.45, 7) is 5.79. The van der Waals surface area contributed by atoms with E-state index in [1.807, 2.05) is 11.8 Å². The van der Waals surface area contributed by atoms with Crippen LogP contribution in [0.4, 0.5) is 0 Å². The first-order valence-electron chi connectivity index (χ1n) is 7.13. The van der Waals surface area contributed by atoms with Gasteiger partial charge >= 0.3 is 0 Å². The third-order valence-electron chi connectivity index (χ3n) is 4.06. The molecule has 0 aromatic heterocycles. The molecular weight excluding hydrogens is 228 g/mol. The Kier molecular flexibility index (Phi) is 7.56. The number of thioether (sulfide) groups is 1. The monoisotopic (exact) mass is 258 g/mol. The van der Waals surface area contributed by atoms with Crippen molar-refractivity contribution in [2.24, 2.45) is 0 Å². The van der Waals surface area contributed by atoms with E-state index in [0.717, 1.165) is 18.1 Å². The molecule has 102 valence electrons. The average molecular weight is 258 g/mol. The Bertz CT molecular complexity index is 191. The molecule has 0 bridgehead atoms. The number of hydrogen-bond acceptors (Lipinski definition) is 3. The second-order valence-corrected chi connectivity index (χ2v) is 6.34. The van der Waals surface area contributed by atoms with Gasteiger partial charge in [-0.3, -0.25) is 4.90 Å². The van der Waals surface area contributed by atoms with Crippen LogP contribution in [0.25, 0.3) is 0 Å². The average Bonchev–Trinajstić information content (AvgIpc) is 2.36. The molecule has 0 aliphatic heterocycles. The third kappa shape index (κ3) is 5.19. The number of hydrogen-bond donors (Lipinski definition) is 1. The van der Waals surface area contributed by atoms with Gasteiger partial charge in [0, 0.05) is 23.9 Å². The van der Waals surface area contributed by atoms with Crippen LogP contribution in [0.2, 0.25) is 0 Å². The first kappa shape index (κ1) is 15.3. The second kappa shape index (κ2) is 8.39. The summed E-state index contributed by atoms with van der Waals surface area (Å²) < 4.78 is 0. The Morgan fingerprint density at radius 3 is 2.47 bits per heavy atom. The van der Waals surface area contributed by atoms with Crippen molar-refractivity contribution in [2.45, 2.75) is 64.1 Å². The second-order valence-electron chi connectivity index (χ2n) is 5.43. The van der Waals surface area contributed by atoms with E-state index >= 15 is 0 Å². The normalized spacial score (nSPS) is 27.4. The molecule has 0 aromatic carbocycles. The van der Waals surface area contributed by atoms with Crippen LogP contribution >= 0.6 is 11.8 Å². The molecule has 1 rings (SSSR count). The van der Waals surface area contributed by atoms with Gasteiger partial charge in [0.2, 0.25) is 0 Å². The first-order valence-corrected chi connectivity index (χ1v) is 8.52. The minimum Gasteiger partial charge on any atom is -0.314 e. The van der Waals surface area contributed by atoms with Crippen molar-refractivity contribution in [3.8, 4) is 0 Å². The van der Waals surface area contributed by atoms with Gasteiger partial charge in [0.05, 0.1) is 0 Å². The summed E-state index contributed by atoms with van der Waals surface area (Å²) in [5.74, 6) is 1.25. The lowest BCUT2D eigenvalue weighted by Gasteiger charge is -2.38. The van der Waals surface area contributed by atoms with E-state index in [1.54, 1.807) is 0 Å².